The molecule has 0 saturated carbocycles. The third-order valence-electron chi connectivity index (χ3n) is 3.60. The molecule has 0 aromatic carbocycles. The van der Waals surface area contributed by atoms with Gasteiger partial charge in [-0.25, -0.2) is 0 Å². The number of hydrogen-bond acceptors (Lipinski definition) is 4. The Kier molecular flexibility index (Phi) is 4.49. The van der Waals surface area contributed by atoms with Gasteiger partial charge in [0, 0.05) is 38.3 Å². The van der Waals surface area contributed by atoms with Crippen LogP contribution in [0.3, 0.4) is 0 Å². The van der Waals surface area contributed by atoms with Gasteiger partial charge in [0.15, 0.2) is 0 Å². The van der Waals surface area contributed by atoms with Crippen molar-refractivity contribution >= 4 is 5.82 Å². The van der Waals surface area contributed by atoms with Gasteiger partial charge in [-0.05, 0) is 26.5 Å². The molecule has 0 spiro atoms. The van der Waals surface area contributed by atoms with Gasteiger partial charge in [-0.15, -0.1) is 0 Å². The average Bonchev–Trinajstić information content (AvgIpc) is 2.91. The lowest BCUT2D eigenvalue weighted by Gasteiger charge is -2.21. The maximum Gasteiger partial charge on any atom is 0.131 e. The summed E-state index contributed by atoms with van der Waals surface area (Å²) in [7, 11) is 4.09. The third kappa shape index (κ3) is 2.88. The highest BCUT2D eigenvalue weighted by Crippen LogP contribution is 2.24. The Balaban J connectivity index is 2.24. The van der Waals surface area contributed by atoms with E-state index in [0.717, 1.165) is 36.9 Å². The number of nitrogens with zero attached hydrogens (tertiary/aromatic N) is 3. The average molecular weight is 276 g/mol. The minimum atomic E-state index is 0.820. The highest BCUT2D eigenvalue weighted by molar-refractivity contribution is 5.50. The number of aryl methyl sites for hydroxylation is 3. The first-order chi connectivity index (χ1) is 9.54. The van der Waals surface area contributed by atoms with Gasteiger partial charge in [0.1, 0.15) is 11.6 Å². The van der Waals surface area contributed by atoms with Crippen LogP contribution in [-0.2, 0) is 20.1 Å². The monoisotopic (exact) mass is 276 g/mol. The van der Waals surface area contributed by atoms with Crippen LogP contribution in [0.5, 0.6) is 0 Å². The molecule has 0 aliphatic heterocycles. The SMILES string of the molecule is CCNCc1c(C)nn(C)c1N(C)Cc1ccoc1C. The molecule has 110 valence electrons. The smallest absolute Gasteiger partial charge is 0.131 e. The molecule has 0 aliphatic rings. The van der Waals surface area contributed by atoms with Crippen LogP contribution in [-0.4, -0.2) is 23.4 Å². The minimum absolute atomic E-state index is 0.820. The van der Waals surface area contributed by atoms with Crippen molar-refractivity contribution < 1.29 is 4.42 Å². The third-order valence-corrected chi connectivity index (χ3v) is 3.60. The number of hydrogen-bond donors (Lipinski definition) is 1. The van der Waals surface area contributed by atoms with Crippen LogP contribution in [0, 0.1) is 13.8 Å². The minimum Gasteiger partial charge on any atom is -0.469 e. The van der Waals surface area contributed by atoms with Crippen molar-refractivity contribution in [2.45, 2.75) is 33.9 Å². The molecule has 0 fully saturated rings. The second-order valence-electron chi connectivity index (χ2n) is 5.15. The van der Waals surface area contributed by atoms with Crippen LogP contribution < -0.4 is 10.2 Å². The van der Waals surface area contributed by atoms with E-state index < -0.39 is 0 Å². The molecule has 2 aromatic rings. The molecule has 0 bridgehead atoms. The molecule has 1 N–H and O–H groups in total. The van der Waals surface area contributed by atoms with Crippen molar-refractivity contribution in [2.24, 2.45) is 7.05 Å². The van der Waals surface area contributed by atoms with Crippen LogP contribution in [0.4, 0.5) is 5.82 Å². The van der Waals surface area contributed by atoms with Gasteiger partial charge in [0.25, 0.3) is 0 Å². The predicted molar refractivity (Wildman–Crippen MR) is 80.9 cm³/mol. The van der Waals surface area contributed by atoms with Gasteiger partial charge in [-0.1, -0.05) is 6.92 Å². The van der Waals surface area contributed by atoms with Gasteiger partial charge >= 0.3 is 0 Å². The molecule has 0 aliphatic carbocycles. The Morgan fingerprint density at radius 2 is 2.15 bits per heavy atom. The summed E-state index contributed by atoms with van der Waals surface area (Å²) in [6.45, 7) is 8.80. The van der Waals surface area contributed by atoms with E-state index >= 15 is 0 Å². The Morgan fingerprint density at radius 1 is 1.40 bits per heavy atom. The highest BCUT2D eigenvalue weighted by Gasteiger charge is 2.17. The number of anilines is 1. The molecular formula is C15H24N4O. The normalized spacial score (nSPS) is 11.1. The first kappa shape index (κ1) is 14.7. The Hall–Kier alpha value is -1.75. The fourth-order valence-corrected chi connectivity index (χ4v) is 2.53. The van der Waals surface area contributed by atoms with Crippen LogP contribution >= 0.6 is 0 Å². The van der Waals surface area contributed by atoms with Crippen molar-refractivity contribution in [3.05, 3.63) is 34.9 Å². The quantitative estimate of drug-likeness (QED) is 0.880. The second-order valence-corrected chi connectivity index (χ2v) is 5.15. The molecule has 0 atom stereocenters. The topological polar surface area (TPSA) is 46.2 Å². The lowest BCUT2D eigenvalue weighted by molar-refractivity contribution is 0.529. The second kappa shape index (κ2) is 6.13. The van der Waals surface area contributed by atoms with Crippen molar-refractivity contribution in [3.8, 4) is 0 Å². The van der Waals surface area contributed by atoms with Crippen LogP contribution in [0.1, 0.15) is 29.5 Å². The van der Waals surface area contributed by atoms with E-state index in [1.165, 1.54) is 11.1 Å². The zero-order valence-electron chi connectivity index (χ0n) is 13.0. The summed E-state index contributed by atoms with van der Waals surface area (Å²) >= 11 is 0. The number of furan rings is 1. The van der Waals surface area contributed by atoms with Gasteiger partial charge in [0.2, 0.25) is 0 Å². The van der Waals surface area contributed by atoms with E-state index in [-0.39, 0.29) is 0 Å². The fraction of sp³-hybridized carbons (Fsp3) is 0.533. The molecule has 20 heavy (non-hydrogen) atoms. The number of nitrogens with one attached hydrogen (secondary N) is 1. The molecule has 5 nitrogen and oxygen atoms in total. The maximum absolute atomic E-state index is 5.37. The molecule has 0 unspecified atom stereocenters. The van der Waals surface area contributed by atoms with E-state index in [9.17, 15) is 0 Å². The predicted octanol–water partition coefficient (Wildman–Crippen LogP) is 2.38. The number of aromatic nitrogens is 2. The van der Waals surface area contributed by atoms with Crippen molar-refractivity contribution in [2.75, 3.05) is 18.5 Å². The summed E-state index contributed by atoms with van der Waals surface area (Å²) < 4.78 is 7.33. The Bertz CT molecular complexity index is 570. The summed E-state index contributed by atoms with van der Waals surface area (Å²) in [5, 5.41) is 7.93. The molecule has 0 radical (unpaired) electrons. The van der Waals surface area contributed by atoms with E-state index in [4.69, 9.17) is 4.42 Å². The highest BCUT2D eigenvalue weighted by atomic mass is 16.3. The van der Waals surface area contributed by atoms with Crippen molar-refractivity contribution in [3.63, 3.8) is 0 Å². The van der Waals surface area contributed by atoms with Gasteiger partial charge in [0.05, 0.1) is 12.0 Å². The van der Waals surface area contributed by atoms with E-state index in [1.54, 1.807) is 6.26 Å². The van der Waals surface area contributed by atoms with Gasteiger partial charge in [-0.3, -0.25) is 4.68 Å². The summed E-state index contributed by atoms with van der Waals surface area (Å²) in [5.41, 5.74) is 3.55. The van der Waals surface area contributed by atoms with E-state index in [2.05, 4.69) is 36.2 Å². The summed E-state index contributed by atoms with van der Waals surface area (Å²) in [6, 6.07) is 2.03. The molecule has 2 rings (SSSR count). The summed E-state index contributed by atoms with van der Waals surface area (Å²) in [5.74, 6) is 2.13. The summed E-state index contributed by atoms with van der Waals surface area (Å²) in [6.07, 6.45) is 1.74. The van der Waals surface area contributed by atoms with Gasteiger partial charge in [-0.2, -0.15) is 5.10 Å². The maximum atomic E-state index is 5.37. The molecule has 2 heterocycles. The van der Waals surface area contributed by atoms with Crippen LogP contribution in [0.25, 0.3) is 0 Å². The van der Waals surface area contributed by atoms with Crippen LogP contribution in [0.2, 0.25) is 0 Å². The summed E-state index contributed by atoms with van der Waals surface area (Å²) in [4.78, 5) is 2.23. The van der Waals surface area contributed by atoms with Crippen molar-refractivity contribution in [1.82, 2.24) is 15.1 Å². The van der Waals surface area contributed by atoms with Crippen LogP contribution in [0.15, 0.2) is 16.7 Å². The molecular weight excluding hydrogens is 252 g/mol. The standard InChI is InChI=1S/C15H24N4O/c1-6-16-9-14-11(2)17-19(5)15(14)18(4)10-13-7-8-20-12(13)3/h7-8,16H,6,9-10H2,1-5H3. The Labute approximate surface area is 120 Å². The fourth-order valence-electron chi connectivity index (χ4n) is 2.53. The van der Waals surface area contributed by atoms with Gasteiger partial charge < -0.3 is 14.6 Å². The largest absolute Gasteiger partial charge is 0.469 e. The zero-order valence-corrected chi connectivity index (χ0v) is 13.0. The molecule has 0 saturated heterocycles. The molecule has 5 heteroatoms. The first-order valence-corrected chi connectivity index (χ1v) is 7.01. The first-order valence-electron chi connectivity index (χ1n) is 7.01. The van der Waals surface area contributed by atoms with E-state index in [0.29, 0.717) is 0 Å². The zero-order chi connectivity index (χ0) is 14.7. The lowest BCUT2D eigenvalue weighted by Crippen LogP contribution is -2.22. The lowest BCUT2D eigenvalue weighted by atomic mass is 10.2. The van der Waals surface area contributed by atoms with E-state index in [1.807, 2.05) is 24.7 Å². The Morgan fingerprint density at radius 3 is 2.75 bits per heavy atom. The molecule has 2 aromatic heterocycles. The molecule has 0 amide bonds. The number of rotatable bonds is 6. The van der Waals surface area contributed by atoms with Crippen molar-refractivity contribution in [1.29, 1.82) is 0 Å².